The van der Waals surface area contributed by atoms with Crippen LogP contribution in [0, 0.1) is 5.41 Å². The Morgan fingerprint density at radius 3 is 2.52 bits per heavy atom. The van der Waals surface area contributed by atoms with E-state index in [-0.39, 0.29) is 11.3 Å². The fourth-order valence-corrected chi connectivity index (χ4v) is 4.43. The van der Waals surface area contributed by atoms with Gasteiger partial charge in [0.1, 0.15) is 0 Å². The molecule has 186 valence electrons. The molecule has 0 aliphatic heterocycles. The molecule has 33 heavy (non-hydrogen) atoms. The van der Waals surface area contributed by atoms with Crippen LogP contribution in [0.2, 0.25) is 0 Å². The first-order valence-electron chi connectivity index (χ1n) is 12.0. The number of hydrogen-bond donors (Lipinski definition) is 2. The van der Waals surface area contributed by atoms with Crippen LogP contribution < -0.4 is 5.32 Å². The van der Waals surface area contributed by atoms with Gasteiger partial charge in [-0.05, 0) is 69.4 Å². The lowest BCUT2D eigenvalue weighted by Gasteiger charge is -2.32. The Morgan fingerprint density at radius 1 is 1.15 bits per heavy atom. The Balaban J connectivity index is 2.36. The second-order valence-corrected chi connectivity index (χ2v) is 11.6. The Kier molecular flexibility index (Phi) is 12.9. The fourth-order valence-electron chi connectivity index (χ4n) is 3.96. The van der Waals surface area contributed by atoms with Crippen LogP contribution in [0.4, 0.5) is 0 Å². The van der Waals surface area contributed by atoms with Crippen molar-refractivity contribution in [3.8, 4) is 0 Å². The quantitative estimate of drug-likeness (QED) is 0.129. The molecule has 0 aromatic rings. The van der Waals surface area contributed by atoms with Crippen LogP contribution in [0.25, 0.3) is 0 Å². The molecule has 1 unspecified atom stereocenters. The summed E-state index contributed by atoms with van der Waals surface area (Å²) < 4.78 is 15.8. The van der Waals surface area contributed by atoms with Gasteiger partial charge in [-0.1, -0.05) is 68.2 Å². The summed E-state index contributed by atoms with van der Waals surface area (Å²) in [4.78, 5) is 21.1. The van der Waals surface area contributed by atoms with E-state index in [0.717, 1.165) is 31.3 Å². The van der Waals surface area contributed by atoms with E-state index in [1.807, 2.05) is 19.1 Å². The highest BCUT2D eigenvalue weighted by Gasteiger charge is 2.26. The van der Waals surface area contributed by atoms with Crippen molar-refractivity contribution in [3.05, 3.63) is 58.7 Å². The van der Waals surface area contributed by atoms with E-state index in [0.29, 0.717) is 13.2 Å². The molecule has 0 aromatic carbocycles. The average molecular weight is 478 g/mol. The summed E-state index contributed by atoms with van der Waals surface area (Å²) in [6.45, 7) is 13.0. The highest BCUT2D eigenvalue weighted by Crippen LogP contribution is 2.40. The molecule has 0 fully saturated rings. The SMILES string of the molecule is CC1=C(/C=C/C(C)=C/C=C/C(C)=C/C(=O)NCCCCCCOP(C)(=O)O)C(C)(C)CCC1. The molecule has 1 atom stereocenters. The number of carbonyl (C=O) groups excluding carboxylic acids is 1. The molecule has 0 bridgehead atoms. The third kappa shape index (κ3) is 13.6. The van der Waals surface area contributed by atoms with Gasteiger partial charge in [-0.2, -0.15) is 0 Å². The third-order valence-electron chi connectivity index (χ3n) is 5.83. The van der Waals surface area contributed by atoms with Gasteiger partial charge < -0.3 is 14.7 Å². The molecule has 0 saturated heterocycles. The molecule has 1 aliphatic carbocycles. The van der Waals surface area contributed by atoms with Gasteiger partial charge in [0.05, 0.1) is 6.61 Å². The van der Waals surface area contributed by atoms with Gasteiger partial charge in [0.2, 0.25) is 5.91 Å². The second-order valence-electron chi connectivity index (χ2n) is 9.76. The highest BCUT2D eigenvalue weighted by atomic mass is 31.2. The van der Waals surface area contributed by atoms with Crippen molar-refractivity contribution in [3.63, 3.8) is 0 Å². The number of allylic oxidation sites excluding steroid dienone is 9. The van der Waals surface area contributed by atoms with E-state index >= 15 is 0 Å². The maximum absolute atomic E-state index is 12.0. The molecule has 0 radical (unpaired) electrons. The molecule has 5 nitrogen and oxygen atoms in total. The highest BCUT2D eigenvalue weighted by molar-refractivity contribution is 7.51. The van der Waals surface area contributed by atoms with Gasteiger partial charge >= 0.3 is 7.60 Å². The zero-order valence-corrected chi connectivity index (χ0v) is 22.3. The normalized spacial score (nSPS) is 19.4. The first-order valence-corrected chi connectivity index (χ1v) is 14.1. The van der Waals surface area contributed by atoms with E-state index < -0.39 is 7.60 Å². The summed E-state index contributed by atoms with van der Waals surface area (Å²) in [7, 11) is -3.36. The second kappa shape index (κ2) is 14.6. The number of hydrogen-bond acceptors (Lipinski definition) is 3. The van der Waals surface area contributed by atoms with Crippen LogP contribution in [-0.2, 0) is 13.9 Å². The summed E-state index contributed by atoms with van der Waals surface area (Å²) in [5.41, 5.74) is 5.29. The largest absolute Gasteiger partial charge is 0.353 e. The first-order chi connectivity index (χ1) is 15.4. The predicted octanol–water partition coefficient (Wildman–Crippen LogP) is 7.03. The molecular formula is C27H44NO4P. The molecule has 0 spiro atoms. The van der Waals surface area contributed by atoms with Crippen LogP contribution in [0.5, 0.6) is 0 Å². The molecule has 0 aromatic heterocycles. The van der Waals surface area contributed by atoms with Crippen molar-refractivity contribution in [1.82, 2.24) is 5.32 Å². The summed E-state index contributed by atoms with van der Waals surface area (Å²) in [5, 5.41) is 2.90. The summed E-state index contributed by atoms with van der Waals surface area (Å²) >= 11 is 0. The summed E-state index contributed by atoms with van der Waals surface area (Å²) in [6, 6.07) is 0. The van der Waals surface area contributed by atoms with Gasteiger partial charge in [0, 0.05) is 19.3 Å². The lowest BCUT2D eigenvalue weighted by Crippen LogP contribution is -2.22. The van der Waals surface area contributed by atoms with Gasteiger partial charge in [-0.3, -0.25) is 9.36 Å². The van der Waals surface area contributed by atoms with Crippen molar-refractivity contribution in [2.24, 2.45) is 5.41 Å². The number of rotatable bonds is 13. The Morgan fingerprint density at radius 2 is 1.85 bits per heavy atom. The van der Waals surface area contributed by atoms with Crippen molar-refractivity contribution < 1.29 is 18.8 Å². The molecule has 1 amide bonds. The number of unbranched alkanes of at least 4 members (excludes halogenated alkanes) is 3. The Bertz CT molecular complexity index is 840. The minimum atomic E-state index is -3.36. The smallest absolute Gasteiger partial charge is 0.325 e. The summed E-state index contributed by atoms with van der Waals surface area (Å²) in [6.07, 6.45) is 19.2. The van der Waals surface area contributed by atoms with E-state index in [4.69, 9.17) is 9.42 Å². The Labute approximate surface area is 201 Å². The fraction of sp³-hybridized carbons (Fsp3) is 0.593. The van der Waals surface area contributed by atoms with Gasteiger partial charge in [-0.15, -0.1) is 0 Å². The van der Waals surface area contributed by atoms with Crippen molar-refractivity contribution in [2.45, 2.75) is 79.6 Å². The van der Waals surface area contributed by atoms with E-state index in [1.54, 1.807) is 6.08 Å². The minimum absolute atomic E-state index is 0.0878. The van der Waals surface area contributed by atoms with Crippen LogP contribution >= 0.6 is 7.60 Å². The third-order valence-corrected chi connectivity index (χ3v) is 6.50. The maximum atomic E-state index is 12.0. The molecule has 0 saturated carbocycles. The van der Waals surface area contributed by atoms with Crippen LogP contribution in [0.3, 0.4) is 0 Å². The maximum Gasteiger partial charge on any atom is 0.325 e. The van der Waals surface area contributed by atoms with Crippen LogP contribution in [-0.4, -0.2) is 30.6 Å². The lowest BCUT2D eigenvalue weighted by molar-refractivity contribution is -0.116. The van der Waals surface area contributed by atoms with E-state index in [2.05, 4.69) is 51.2 Å². The monoisotopic (exact) mass is 477 g/mol. The van der Waals surface area contributed by atoms with Gasteiger partial charge in [-0.25, -0.2) is 0 Å². The topological polar surface area (TPSA) is 75.6 Å². The van der Waals surface area contributed by atoms with Crippen molar-refractivity contribution >= 4 is 13.5 Å². The number of carbonyl (C=O) groups is 1. The van der Waals surface area contributed by atoms with Crippen molar-refractivity contribution in [1.29, 1.82) is 0 Å². The van der Waals surface area contributed by atoms with Gasteiger partial charge in [0.25, 0.3) is 0 Å². The van der Waals surface area contributed by atoms with E-state index in [9.17, 15) is 9.36 Å². The molecule has 1 aliphatic rings. The lowest BCUT2D eigenvalue weighted by atomic mass is 9.72. The zero-order chi connectivity index (χ0) is 24.9. The minimum Gasteiger partial charge on any atom is -0.353 e. The number of amides is 1. The van der Waals surface area contributed by atoms with Gasteiger partial charge in [0.15, 0.2) is 0 Å². The van der Waals surface area contributed by atoms with Crippen LogP contribution in [0.15, 0.2) is 58.7 Å². The molecule has 6 heteroatoms. The average Bonchev–Trinajstić information content (AvgIpc) is 2.68. The standard InChI is InChI=1S/C27H44NO4P/c1-22(16-17-25-24(3)15-12-18-27(25,4)5)13-11-14-23(2)21-26(29)28-19-9-7-8-10-20-32-33(6,30)31/h11,13-14,16-17,21H,7-10,12,15,18-20H2,1-6H3,(H,28,29)(H,30,31)/b14-11+,17-16+,22-13+,23-21+. The predicted molar refractivity (Wildman–Crippen MR) is 139 cm³/mol. The van der Waals surface area contributed by atoms with Crippen molar-refractivity contribution in [2.75, 3.05) is 19.8 Å². The first kappa shape index (κ1) is 29.4. The van der Waals surface area contributed by atoms with E-state index in [1.165, 1.54) is 42.6 Å². The summed E-state index contributed by atoms with van der Waals surface area (Å²) in [5.74, 6) is -0.0878. The zero-order valence-electron chi connectivity index (χ0n) is 21.4. The molecule has 0 heterocycles. The number of nitrogens with one attached hydrogen (secondary N) is 1. The Hall–Kier alpha value is -1.68. The van der Waals surface area contributed by atoms with Crippen LogP contribution in [0.1, 0.15) is 79.6 Å². The molecular weight excluding hydrogens is 433 g/mol. The molecule has 2 N–H and O–H groups in total. The molecule has 1 rings (SSSR count).